The third kappa shape index (κ3) is 5.74. The predicted octanol–water partition coefficient (Wildman–Crippen LogP) is -6.83. The van der Waals surface area contributed by atoms with Gasteiger partial charge in [0.1, 0.15) is 0 Å². The van der Waals surface area contributed by atoms with E-state index in [0.29, 0.717) is 17.2 Å². The topological polar surface area (TPSA) is 120 Å². The van der Waals surface area contributed by atoms with E-state index < -0.39 is 17.9 Å². The monoisotopic (exact) mass is 339 g/mol. The molecule has 1 aromatic heterocycles. The molecule has 0 aliphatic heterocycles. The third-order valence-electron chi connectivity index (χ3n) is 2.44. The molecule has 1 heterocycles. The van der Waals surface area contributed by atoms with Crippen LogP contribution in [0.3, 0.4) is 0 Å². The Morgan fingerprint density at radius 3 is 2.05 bits per heavy atom. The second kappa shape index (κ2) is 10.2. The van der Waals surface area contributed by atoms with E-state index in [-0.39, 0.29) is 38.0 Å². The first-order chi connectivity index (χ1) is 9.01. The summed E-state index contributed by atoms with van der Waals surface area (Å²) in [5.41, 5.74) is 10.1. The van der Waals surface area contributed by atoms with Crippen LogP contribution in [-0.4, -0.2) is 25.2 Å². The molecule has 0 fully saturated rings. The molecule has 120 valence electrons. The third-order valence-corrected chi connectivity index (χ3v) is 2.44. The van der Waals surface area contributed by atoms with Crippen LogP contribution < -0.4 is 41.3 Å². The van der Waals surface area contributed by atoms with Crippen LogP contribution in [-0.2, 0) is 19.1 Å². The number of rotatable bonds is 5. The lowest BCUT2D eigenvalue weighted by Gasteiger charge is -2.10. The average molecular weight is 340 g/mol. The molecule has 1 rings (SSSR count). The largest absolute Gasteiger partial charge is 1.00 e. The van der Waals surface area contributed by atoms with Crippen molar-refractivity contribution in [3.63, 3.8) is 0 Å². The Morgan fingerprint density at radius 2 is 1.67 bits per heavy atom. The van der Waals surface area contributed by atoms with E-state index in [1.807, 2.05) is 0 Å². The van der Waals surface area contributed by atoms with E-state index in [1.165, 1.54) is 0 Å². The molecule has 0 atom stereocenters. The number of pyridine rings is 1. The van der Waals surface area contributed by atoms with E-state index in [9.17, 15) is 9.59 Å². The van der Waals surface area contributed by atoms with Crippen LogP contribution in [0.4, 0.5) is 11.5 Å². The van der Waals surface area contributed by atoms with Gasteiger partial charge >= 0.3 is 17.8 Å². The summed E-state index contributed by atoms with van der Waals surface area (Å²) < 4.78 is 9.77. The fourth-order valence-electron chi connectivity index (χ4n) is 1.54. The Morgan fingerprint density at radius 1 is 1.19 bits per heavy atom. The van der Waals surface area contributed by atoms with Gasteiger partial charge in [-0.3, -0.25) is 15.3 Å². The highest BCUT2D eigenvalue weighted by molar-refractivity contribution is 6.00. The van der Waals surface area contributed by atoms with E-state index >= 15 is 0 Å². The van der Waals surface area contributed by atoms with Gasteiger partial charge in [-0.15, -0.1) is 0 Å². The minimum Gasteiger partial charge on any atom is -1.00 e. The number of hydrogen-bond acceptors (Lipinski definition) is 5. The summed E-state index contributed by atoms with van der Waals surface area (Å²) in [5.74, 6) is -2.06. The summed E-state index contributed by atoms with van der Waals surface area (Å²) in [6.07, 6.45) is 0. The molecule has 0 aliphatic carbocycles. The zero-order chi connectivity index (χ0) is 14.4. The van der Waals surface area contributed by atoms with Crippen LogP contribution in [0, 0.1) is 0 Å². The van der Waals surface area contributed by atoms with Crippen molar-refractivity contribution in [2.24, 2.45) is 0 Å². The fourth-order valence-corrected chi connectivity index (χ4v) is 1.54. The van der Waals surface area contributed by atoms with Crippen molar-refractivity contribution in [1.82, 2.24) is 0 Å². The van der Waals surface area contributed by atoms with E-state index in [4.69, 9.17) is 15.2 Å². The van der Waals surface area contributed by atoms with Crippen LogP contribution in [0.2, 0.25) is 0 Å². The number of nitrogens with one attached hydrogen (secondary N) is 1. The summed E-state index contributed by atoms with van der Waals surface area (Å²) >= 11 is 0. The highest BCUT2D eigenvalue weighted by Crippen LogP contribution is 2.18. The average Bonchev–Trinajstić information content (AvgIpc) is 2.34. The Kier molecular flexibility index (Phi) is 10.6. The summed E-state index contributed by atoms with van der Waals surface area (Å²) in [7, 11) is 0. The highest BCUT2D eigenvalue weighted by atomic mass is 35.5. The SMILES string of the molecule is CCOC(=O)C(C(=O)OCC)c1ccc(N)c([NH3+])[nH+]1.[Cl-].[Cl-]. The number of H-pyrrole nitrogens is 1. The van der Waals surface area contributed by atoms with E-state index in [2.05, 4.69) is 10.7 Å². The van der Waals surface area contributed by atoms with Gasteiger partial charge in [0.2, 0.25) is 11.6 Å². The van der Waals surface area contributed by atoms with Gasteiger partial charge < -0.3 is 40.0 Å². The summed E-state index contributed by atoms with van der Waals surface area (Å²) in [5, 5.41) is 0. The number of esters is 2. The quantitative estimate of drug-likeness (QED) is 0.408. The number of aromatic amines is 1. The van der Waals surface area contributed by atoms with Crippen molar-refractivity contribution >= 4 is 23.4 Å². The molecule has 21 heavy (non-hydrogen) atoms. The van der Waals surface area contributed by atoms with Crippen molar-refractivity contribution in [2.75, 3.05) is 18.9 Å². The highest BCUT2D eigenvalue weighted by Gasteiger charge is 2.37. The molecule has 0 radical (unpaired) electrons. The summed E-state index contributed by atoms with van der Waals surface area (Å²) in [4.78, 5) is 26.5. The Labute approximate surface area is 135 Å². The number of ether oxygens (including phenoxy) is 2. The van der Waals surface area contributed by atoms with Gasteiger partial charge in [-0.2, -0.15) is 4.98 Å². The van der Waals surface area contributed by atoms with Crippen LogP contribution in [0.5, 0.6) is 0 Å². The molecular weight excluding hydrogens is 321 g/mol. The molecule has 0 aliphatic rings. The second-order valence-corrected chi connectivity index (χ2v) is 3.78. The first-order valence-electron chi connectivity index (χ1n) is 5.98. The molecule has 0 saturated carbocycles. The number of nitrogen functional groups attached to an aromatic ring is 1. The van der Waals surface area contributed by atoms with Crippen LogP contribution >= 0.6 is 0 Å². The molecular formula is C12H19Cl2N3O4. The number of carbonyl (C=O) groups is 2. The van der Waals surface area contributed by atoms with Crippen molar-refractivity contribution in [3.05, 3.63) is 17.8 Å². The number of quaternary nitrogens is 1. The summed E-state index contributed by atoms with van der Waals surface area (Å²) in [6, 6.07) is 3.11. The lowest BCUT2D eigenvalue weighted by molar-refractivity contribution is -0.483. The number of aromatic nitrogens is 1. The Balaban J connectivity index is 0. The fraction of sp³-hybridized carbons (Fsp3) is 0.417. The van der Waals surface area contributed by atoms with Gasteiger partial charge in [0, 0.05) is 6.07 Å². The maximum absolute atomic E-state index is 11.9. The molecule has 1 aromatic rings. The summed E-state index contributed by atoms with van der Waals surface area (Å²) in [6.45, 7) is 3.70. The maximum Gasteiger partial charge on any atom is 0.385 e. The van der Waals surface area contributed by atoms with Gasteiger partial charge in [-0.05, 0) is 19.9 Å². The predicted molar refractivity (Wildman–Crippen MR) is 66.0 cm³/mol. The number of nitrogens with two attached hydrogens (primary N) is 1. The van der Waals surface area contributed by atoms with Gasteiger partial charge in [-0.1, -0.05) is 0 Å². The molecule has 0 aromatic carbocycles. The van der Waals surface area contributed by atoms with Gasteiger partial charge in [-0.25, -0.2) is 0 Å². The molecule has 0 bridgehead atoms. The Bertz CT molecular complexity index is 468. The molecule has 6 N–H and O–H groups in total. The zero-order valence-electron chi connectivity index (χ0n) is 11.8. The smallest absolute Gasteiger partial charge is 0.385 e. The number of halogens is 2. The maximum atomic E-state index is 11.9. The van der Waals surface area contributed by atoms with Crippen LogP contribution in [0.1, 0.15) is 25.5 Å². The molecule has 7 nitrogen and oxygen atoms in total. The van der Waals surface area contributed by atoms with Crippen LogP contribution in [0.15, 0.2) is 12.1 Å². The first kappa shape index (κ1) is 21.7. The first-order valence-corrected chi connectivity index (χ1v) is 5.98. The van der Waals surface area contributed by atoms with Gasteiger partial charge in [0.05, 0.1) is 13.2 Å². The molecule has 0 unspecified atom stereocenters. The van der Waals surface area contributed by atoms with Crippen molar-refractivity contribution in [3.8, 4) is 0 Å². The number of carbonyl (C=O) groups excluding carboxylic acids is 2. The molecule has 9 heteroatoms. The molecule has 0 amide bonds. The molecule has 0 spiro atoms. The lowest BCUT2D eigenvalue weighted by atomic mass is 10.1. The second-order valence-electron chi connectivity index (χ2n) is 3.78. The van der Waals surface area contributed by atoms with Crippen molar-refractivity contribution < 1.29 is 54.6 Å². The number of hydrogen-bond donors (Lipinski definition) is 2. The van der Waals surface area contributed by atoms with E-state index in [1.54, 1.807) is 26.0 Å². The van der Waals surface area contributed by atoms with Gasteiger partial charge in [0.15, 0.2) is 5.69 Å². The lowest BCUT2D eigenvalue weighted by Crippen LogP contribution is -3.00. The van der Waals surface area contributed by atoms with E-state index in [0.717, 1.165) is 0 Å². The van der Waals surface area contributed by atoms with Crippen molar-refractivity contribution in [2.45, 2.75) is 19.8 Å². The standard InChI is InChI=1S/C12H17N3O4.2ClH/c1-3-18-11(16)9(12(17)19-4-2)8-6-5-7(13)10(14)15-8;;/h5-6,9H,3-4,13H2,1-2H3,(H2,14,15);2*1H. The Hall–Kier alpha value is -1.57. The van der Waals surface area contributed by atoms with Gasteiger partial charge in [0.25, 0.3) is 0 Å². The minimum atomic E-state index is -1.15. The molecule has 0 saturated heterocycles. The zero-order valence-corrected chi connectivity index (χ0v) is 13.3. The number of anilines is 1. The normalized spacial score (nSPS) is 9.33. The van der Waals surface area contributed by atoms with Crippen LogP contribution in [0.25, 0.3) is 0 Å². The van der Waals surface area contributed by atoms with Crippen molar-refractivity contribution in [1.29, 1.82) is 0 Å². The minimum absolute atomic E-state index is 0.